The maximum absolute atomic E-state index is 2.45. The van der Waals surface area contributed by atoms with Crippen molar-refractivity contribution >= 4 is 22.7 Å². The number of hydrogen-bond donors (Lipinski definition) is 0. The Kier molecular flexibility index (Phi) is 6.48. The molecule has 2 atom stereocenters. The minimum atomic E-state index is -0.845. The zero-order valence-corrected chi connectivity index (χ0v) is 20.2. The van der Waals surface area contributed by atoms with Crippen molar-refractivity contribution in [2.24, 2.45) is 5.92 Å². The van der Waals surface area contributed by atoms with Crippen molar-refractivity contribution in [3.8, 4) is 0 Å². The van der Waals surface area contributed by atoms with Gasteiger partial charge in [0, 0.05) is 0 Å². The zero-order chi connectivity index (χ0) is 19.4. The van der Waals surface area contributed by atoms with Gasteiger partial charge < -0.3 is 9.41 Å². The van der Waals surface area contributed by atoms with Crippen LogP contribution >= 0.6 is 0 Å². The predicted octanol–water partition coefficient (Wildman–Crippen LogP) is 1.04. The van der Waals surface area contributed by atoms with E-state index in [2.05, 4.69) is 99.1 Å². The van der Waals surface area contributed by atoms with Crippen molar-refractivity contribution < 1.29 is 32.6 Å². The SMILES string of the molecule is CC1=C(C)C(C)[C]([Zr+2][CH]2C(n3ccc4ccccc43)=Cc3ccccc32)=C1C.[F-].[F-]. The normalized spacial score (nSPS) is 19.9. The number of para-hydroxylation sites is 1. The van der Waals surface area contributed by atoms with E-state index in [1.165, 1.54) is 33.3 Å². The first kappa shape index (κ1) is 22.6. The number of hydrogen-bond acceptors (Lipinski definition) is 0. The molecule has 0 spiro atoms. The summed E-state index contributed by atoms with van der Waals surface area (Å²) >= 11 is -0.845. The molecule has 1 nitrogen and oxygen atoms in total. The fourth-order valence-electron chi connectivity index (χ4n) is 4.73. The molecular weight excluding hydrogens is 456 g/mol. The Hall–Kier alpha value is -2.06. The van der Waals surface area contributed by atoms with Crippen molar-refractivity contribution in [2.45, 2.75) is 31.3 Å². The van der Waals surface area contributed by atoms with Crippen LogP contribution in [-0.2, 0) is 23.2 Å². The van der Waals surface area contributed by atoms with Gasteiger partial charge in [0.15, 0.2) is 0 Å². The van der Waals surface area contributed by atoms with Crippen LogP contribution < -0.4 is 9.41 Å². The number of aromatic nitrogens is 1. The van der Waals surface area contributed by atoms with Crippen LogP contribution in [0.5, 0.6) is 0 Å². The Bertz CT molecular complexity index is 1200. The van der Waals surface area contributed by atoms with Crippen LogP contribution in [0, 0.1) is 5.92 Å². The van der Waals surface area contributed by atoms with Gasteiger partial charge in [-0.15, -0.1) is 0 Å². The molecule has 0 saturated carbocycles. The monoisotopic (exact) mass is 479 g/mol. The van der Waals surface area contributed by atoms with Crippen LogP contribution in [-0.4, -0.2) is 4.57 Å². The Morgan fingerprint density at radius 1 is 0.833 bits per heavy atom. The number of allylic oxidation sites excluding steroid dienone is 5. The van der Waals surface area contributed by atoms with Gasteiger partial charge in [-0.3, -0.25) is 0 Å². The molecule has 0 saturated heterocycles. The number of rotatable bonds is 3. The van der Waals surface area contributed by atoms with Gasteiger partial charge >= 0.3 is 180 Å². The first-order valence-corrected chi connectivity index (χ1v) is 12.7. The van der Waals surface area contributed by atoms with E-state index in [1.807, 2.05) is 0 Å². The standard InChI is InChI=1S/C17H12N.C9H13.2FH.Zr/c1-2-7-15-12-16(11-14(15)6-1)18-10-9-13-5-3-4-8-17(13)18;1-6-5-7(2)9(4)8(6)3;;;/h1-12H;6H,1-4H3;2*1H;/q;;;;+2/p-2. The maximum Gasteiger partial charge on any atom is -1.00 e. The molecule has 0 fully saturated rings. The fraction of sp³-hybridized carbons (Fsp3) is 0.231. The molecule has 0 aliphatic heterocycles. The molecule has 1 heterocycles. The molecule has 2 unspecified atom stereocenters. The van der Waals surface area contributed by atoms with E-state index in [0.29, 0.717) is 9.54 Å². The third-order valence-corrected chi connectivity index (χ3v) is 11.7. The first-order chi connectivity index (χ1) is 13.6. The second-order valence-corrected chi connectivity index (χ2v) is 11.5. The molecular formula is C26H25F2NZr. The van der Waals surface area contributed by atoms with Gasteiger partial charge in [-0.25, -0.2) is 0 Å². The Labute approximate surface area is 188 Å². The van der Waals surface area contributed by atoms with Crippen LogP contribution in [0.4, 0.5) is 0 Å². The van der Waals surface area contributed by atoms with Crippen molar-refractivity contribution in [3.63, 3.8) is 0 Å². The summed E-state index contributed by atoms with van der Waals surface area (Å²) in [6.45, 7) is 9.41. The van der Waals surface area contributed by atoms with Crippen LogP contribution in [0.25, 0.3) is 22.7 Å². The van der Waals surface area contributed by atoms with Crippen molar-refractivity contribution in [2.75, 3.05) is 0 Å². The molecule has 5 rings (SSSR count). The molecule has 2 aliphatic rings. The van der Waals surface area contributed by atoms with Gasteiger partial charge in [0.1, 0.15) is 0 Å². The van der Waals surface area contributed by atoms with Gasteiger partial charge in [0.25, 0.3) is 0 Å². The zero-order valence-electron chi connectivity index (χ0n) is 17.7. The summed E-state index contributed by atoms with van der Waals surface area (Å²) in [4.78, 5) is 0. The average Bonchev–Trinajstić information content (AvgIpc) is 3.35. The molecule has 0 bridgehead atoms. The van der Waals surface area contributed by atoms with Crippen molar-refractivity contribution in [1.82, 2.24) is 4.57 Å². The molecule has 2 aliphatic carbocycles. The summed E-state index contributed by atoms with van der Waals surface area (Å²) in [5, 5.41) is 1.32. The molecule has 2 aromatic carbocycles. The molecule has 0 N–H and O–H groups in total. The second-order valence-electron chi connectivity index (χ2n) is 8.09. The second kappa shape index (κ2) is 8.59. The largest absolute Gasteiger partial charge is 1.00 e. The fourth-order valence-corrected chi connectivity index (χ4v) is 9.57. The third kappa shape index (κ3) is 3.40. The van der Waals surface area contributed by atoms with Crippen LogP contribution in [0.1, 0.15) is 42.4 Å². The number of nitrogens with zero attached hydrogens (tertiary/aromatic N) is 1. The van der Waals surface area contributed by atoms with Gasteiger partial charge in [0.05, 0.1) is 0 Å². The average molecular weight is 481 g/mol. The summed E-state index contributed by atoms with van der Waals surface area (Å²) in [7, 11) is 0. The molecule has 0 radical (unpaired) electrons. The number of fused-ring (bicyclic) bond motifs is 2. The summed E-state index contributed by atoms with van der Waals surface area (Å²) in [6, 6.07) is 20.0. The molecule has 152 valence electrons. The minimum absolute atomic E-state index is 0. The van der Waals surface area contributed by atoms with E-state index in [4.69, 9.17) is 0 Å². The van der Waals surface area contributed by atoms with Gasteiger partial charge in [-0.1, -0.05) is 0 Å². The van der Waals surface area contributed by atoms with E-state index in [0.717, 1.165) is 0 Å². The van der Waals surface area contributed by atoms with E-state index in [9.17, 15) is 0 Å². The predicted molar refractivity (Wildman–Crippen MR) is 116 cm³/mol. The van der Waals surface area contributed by atoms with E-state index < -0.39 is 23.2 Å². The van der Waals surface area contributed by atoms with Crippen LogP contribution in [0.3, 0.4) is 0 Å². The smallest absolute Gasteiger partial charge is 1.00 e. The Morgan fingerprint density at radius 2 is 1.53 bits per heavy atom. The summed E-state index contributed by atoms with van der Waals surface area (Å²) in [5.74, 6) is 0.627. The number of benzene rings is 2. The van der Waals surface area contributed by atoms with Gasteiger partial charge in [-0.2, -0.15) is 0 Å². The van der Waals surface area contributed by atoms with E-state index in [-0.39, 0.29) is 9.41 Å². The topological polar surface area (TPSA) is 4.93 Å². The number of halogens is 2. The first-order valence-electron chi connectivity index (χ1n) is 10.1. The van der Waals surface area contributed by atoms with E-state index >= 15 is 0 Å². The minimum Gasteiger partial charge on any atom is -1.00 e. The summed E-state index contributed by atoms with van der Waals surface area (Å²) < 4.78 is 4.80. The van der Waals surface area contributed by atoms with Crippen molar-refractivity contribution in [3.05, 3.63) is 91.9 Å². The Morgan fingerprint density at radius 3 is 2.27 bits per heavy atom. The molecule has 3 aromatic rings. The summed E-state index contributed by atoms with van der Waals surface area (Å²) in [5.41, 5.74) is 10.4. The van der Waals surface area contributed by atoms with Gasteiger partial charge in [0.2, 0.25) is 0 Å². The quantitative estimate of drug-likeness (QED) is 0.528. The molecule has 4 heteroatoms. The molecule has 1 aromatic heterocycles. The maximum atomic E-state index is 2.45. The molecule has 0 amide bonds. The third-order valence-electron chi connectivity index (χ3n) is 6.72. The Balaban J connectivity index is 0.00000128. The van der Waals surface area contributed by atoms with Crippen molar-refractivity contribution in [1.29, 1.82) is 0 Å². The van der Waals surface area contributed by atoms with Crippen LogP contribution in [0.15, 0.2) is 80.8 Å². The van der Waals surface area contributed by atoms with E-state index in [1.54, 1.807) is 14.4 Å². The van der Waals surface area contributed by atoms with Crippen LogP contribution in [0.2, 0.25) is 0 Å². The summed E-state index contributed by atoms with van der Waals surface area (Å²) in [6.07, 6.45) is 4.71. The van der Waals surface area contributed by atoms with Gasteiger partial charge in [-0.05, 0) is 0 Å². The molecule has 30 heavy (non-hydrogen) atoms.